The lowest BCUT2D eigenvalue weighted by atomic mass is 9.77. The van der Waals surface area contributed by atoms with Gasteiger partial charge in [-0.05, 0) is 49.9 Å². The van der Waals surface area contributed by atoms with Crippen molar-refractivity contribution < 1.29 is 4.79 Å². The van der Waals surface area contributed by atoms with E-state index in [1.165, 1.54) is 25.7 Å². The van der Waals surface area contributed by atoms with Crippen LogP contribution in [0.5, 0.6) is 0 Å². The number of amides is 1. The van der Waals surface area contributed by atoms with E-state index in [2.05, 4.69) is 13.8 Å². The molecule has 1 amide bonds. The molecular weight excluding hydrogens is 260 g/mol. The van der Waals surface area contributed by atoms with Crippen LogP contribution in [0.2, 0.25) is 0 Å². The largest absolute Gasteiger partial charge is 0.345 e. The van der Waals surface area contributed by atoms with Crippen LogP contribution in [0.15, 0.2) is 0 Å². The van der Waals surface area contributed by atoms with Crippen LogP contribution in [0, 0.1) is 23.2 Å². The Hall–Kier alpha value is -0.570. The van der Waals surface area contributed by atoms with Gasteiger partial charge in [0.1, 0.15) is 0 Å². The summed E-state index contributed by atoms with van der Waals surface area (Å²) in [7, 11) is 2.00. The van der Waals surface area contributed by atoms with Crippen LogP contribution < -0.4 is 5.73 Å². The van der Waals surface area contributed by atoms with Crippen molar-refractivity contribution in [3.8, 4) is 0 Å². The Kier molecular flexibility index (Phi) is 5.70. The molecule has 2 rings (SSSR count). The molecule has 3 heteroatoms. The second-order valence-corrected chi connectivity index (χ2v) is 7.61. The molecule has 0 aromatic rings. The highest BCUT2D eigenvalue weighted by atomic mass is 16.2. The third kappa shape index (κ3) is 3.44. The molecule has 2 fully saturated rings. The van der Waals surface area contributed by atoms with Crippen LogP contribution >= 0.6 is 0 Å². The standard InChI is InChI=1S/C18H34N2O/c1-4-8-18(13-19,9-5-2)17(21)20(3)12-16-11-14-6-7-15(16)10-14/h14-16H,4-13,19H2,1-3H3. The first-order chi connectivity index (χ1) is 10.1. The smallest absolute Gasteiger partial charge is 0.229 e. The van der Waals surface area contributed by atoms with Crippen LogP contribution in [0.1, 0.15) is 65.2 Å². The van der Waals surface area contributed by atoms with E-state index in [4.69, 9.17) is 5.73 Å². The summed E-state index contributed by atoms with van der Waals surface area (Å²) in [5.41, 5.74) is 5.73. The molecule has 0 aromatic heterocycles. The molecule has 2 N–H and O–H groups in total. The number of rotatable bonds is 8. The molecule has 3 nitrogen and oxygen atoms in total. The van der Waals surface area contributed by atoms with Crippen molar-refractivity contribution in [2.24, 2.45) is 28.9 Å². The zero-order valence-corrected chi connectivity index (χ0v) is 14.2. The molecule has 0 aliphatic heterocycles. The molecule has 2 aliphatic carbocycles. The molecule has 0 saturated heterocycles. The molecular formula is C18H34N2O. The summed E-state index contributed by atoms with van der Waals surface area (Å²) in [5.74, 6) is 2.89. The Morgan fingerprint density at radius 3 is 2.29 bits per heavy atom. The molecule has 2 aliphatic rings. The second-order valence-electron chi connectivity index (χ2n) is 7.61. The normalized spacial score (nSPS) is 28.1. The van der Waals surface area contributed by atoms with Gasteiger partial charge in [-0.2, -0.15) is 0 Å². The van der Waals surface area contributed by atoms with E-state index in [0.29, 0.717) is 12.5 Å². The third-order valence-corrected chi connectivity index (χ3v) is 6.04. The Balaban J connectivity index is 1.98. The van der Waals surface area contributed by atoms with E-state index in [1.54, 1.807) is 0 Å². The van der Waals surface area contributed by atoms with Gasteiger partial charge in [-0.15, -0.1) is 0 Å². The average molecular weight is 294 g/mol. The summed E-state index contributed by atoms with van der Waals surface area (Å²) in [6.45, 7) is 5.76. The number of carbonyl (C=O) groups excluding carboxylic acids is 1. The lowest BCUT2D eigenvalue weighted by Crippen LogP contribution is -2.48. The maximum atomic E-state index is 13.0. The quantitative estimate of drug-likeness (QED) is 0.745. The highest BCUT2D eigenvalue weighted by Crippen LogP contribution is 2.48. The molecule has 2 saturated carbocycles. The van der Waals surface area contributed by atoms with Gasteiger partial charge in [0.05, 0.1) is 5.41 Å². The molecule has 3 atom stereocenters. The average Bonchev–Trinajstić information content (AvgIpc) is 3.08. The number of fused-ring (bicyclic) bond motifs is 2. The topological polar surface area (TPSA) is 46.3 Å². The van der Waals surface area contributed by atoms with Gasteiger partial charge in [0.15, 0.2) is 0 Å². The number of hydrogen-bond donors (Lipinski definition) is 1. The van der Waals surface area contributed by atoms with E-state index in [0.717, 1.165) is 50.0 Å². The van der Waals surface area contributed by atoms with Gasteiger partial charge >= 0.3 is 0 Å². The Morgan fingerprint density at radius 2 is 1.86 bits per heavy atom. The highest BCUT2D eigenvalue weighted by Gasteiger charge is 2.42. The lowest BCUT2D eigenvalue weighted by molar-refractivity contribution is -0.142. The fourth-order valence-corrected chi connectivity index (χ4v) is 5.03. The molecule has 122 valence electrons. The molecule has 3 unspecified atom stereocenters. The van der Waals surface area contributed by atoms with E-state index in [9.17, 15) is 4.79 Å². The van der Waals surface area contributed by atoms with Gasteiger partial charge < -0.3 is 10.6 Å². The monoisotopic (exact) mass is 294 g/mol. The fraction of sp³-hybridized carbons (Fsp3) is 0.944. The van der Waals surface area contributed by atoms with Crippen molar-refractivity contribution in [3.63, 3.8) is 0 Å². The molecule has 0 heterocycles. The predicted octanol–water partition coefficient (Wildman–Crippen LogP) is 3.43. The Bertz CT molecular complexity index is 349. The number of nitrogens with two attached hydrogens (primary N) is 1. The van der Waals surface area contributed by atoms with Gasteiger partial charge in [0, 0.05) is 20.1 Å². The van der Waals surface area contributed by atoms with Gasteiger partial charge in [-0.25, -0.2) is 0 Å². The van der Waals surface area contributed by atoms with E-state index >= 15 is 0 Å². The number of carbonyl (C=O) groups is 1. The van der Waals surface area contributed by atoms with E-state index in [-0.39, 0.29) is 5.41 Å². The van der Waals surface area contributed by atoms with Crippen molar-refractivity contribution >= 4 is 5.91 Å². The molecule has 0 aromatic carbocycles. The molecule has 0 radical (unpaired) electrons. The SMILES string of the molecule is CCCC(CN)(CCC)C(=O)N(C)CC1CC2CCC1C2. The number of hydrogen-bond acceptors (Lipinski definition) is 2. The minimum Gasteiger partial charge on any atom is -0.345 e. The second kappa shape index (κ2) is 7.13. The molecule has 2 bridgehead atoms. The Morgan fingerprint density at radius 1 is 1.19 bits per heavy atom. The summed E-state index contributed by atoms with van der Waals surface area (Å²) in [6.07, 6.45) is 9.50. The zero-order valence-electron chi connectivity index (χ0n) is 14.2. The zero-order chi connectivity index (χ0) is 15.5. The highest BCUT2D eigenvalue weighted by molar-refractivity contribution is 5.82. The van der Waals surface area contributed by atoms with Crippen molar-refractivity contribution in [2.75, 3.05) is 20.1 Å². The first-order valence-corrected chi connectivity index (χ1v) is 9.02. The Labute approximate surface area is 130 Å². The van der Waals surface area contributed by atoms with Gasteiger partial charge in [0.25, 0.3) is 0 Å². The van der Waals surface area contributed by atoms with E-state index < -0.39 is 0 Å². The van der Waals surface area contributed by atoms with Gasteiger partial charge in [-0.3, -0.25) is 4.79 Å². The lowest BCUT2D eigenvalue weighted by Gasteiger charge is -2.37. The number of nitrogens with zero attached hydrogens (tertiary/aromatic N) is 1. The van der Waals surface area contributed by atoms with Crippen molar-refractivity contribution in [1.29, 1.82) is 0 Å². The fourth-order valence-electron chi connectivity index (χ4n) is 5.03. The summed E-state index contributed by atoms with van der Waals surface area (Å²) in [4.78, 5) is 15.0. The molecule has 21 heavy (non-hydrogen) atoms. The predicted molar refractivity (Wildman–Crippen MR) is 87.9 cm³/mol. The van der Waals surface area contributed by atoms with Crippen molar-refractivity contribution in [1.82, 2.24) is 4.90 Å². The van der Waals surface area contributed by atoms with Gasteiger partial charge in [0.2, 0.25) is 5.91 Å². The first-order valence-electron chi connectivity index (χ1n) is 9.02. The maximum absolute atomic E-state index is 13.0. The first kappa shape index (κ1) is 16.8. The third-order valence-electron chi connectivity index (χ3n) is 6.04. The van der Waals surface area contributed by atoms with Crippen LogP contribution in [-0.2, 0) is 4.79 Å². The summed E-state index contributed by atoms with van der Waals surface area (Å²) < 4.78 is 0. The van der Waals surface area contributed by atoms with Crippen LogP contribution in [0.4, 0.5) is 0 Å². The van der Waals surface area contributed by atoms with Gasteiger partial charge in [-0.1, -0.05) is 33.1 Å². The maximum Gasteiger partial charge on any atom is 0.229 e. The summed E-state index contributed by atoms with van der Waals surface area (Å²) >= 11 is 0. The minimum absolute atomic E-state index is 0.302. The van der Waals surface area contributed by atoms with Crippen LogP contribution in [0.3, 0.4) is 0 Å². The van der Waals surface area contributed by atoms with Crippen molar-refractivity contribution in [2.45, 2.75) is 65.2 Å². The van der Waals surface area contributed by atoms with E-state index in [1.807, 2.05) is 11.9 Å². The summed E-state index contributed by atoms with van der Waals surface area (Å²) in [6, 6.07) is 0. The molecule has 0 spiro atoms. The van der Waals surface area contributed by atoms with Crippen LogP contribution in [-0.4, -0.2) is 30.9 Å². The minimum atomic E-state index is -0.310. The summed E-state index contributed by atoms with van der Waals surface area (Å²) in [5, 5.41) is 0. The van der Waals surface area contributed by atoms with Crippen LogP contribution in [0.25, 0.3) is 0 Å². The van der Waals surface area contributed by atoms with Crippen molar-refractivity contribution in [3.05, 3.63) is 0 Å².